The van der Waals surface area contributed by atoms with Crippen LogP contribution in [0.15, 0.2) is 51.3 Å². The zero-order valence-electron chi connectivity index (χ0n) is 19.2. The first-order valence-corrected chi connectivity index (χ1v) is 14.7. The first-order chi connectivity index (χ1) is 16.7. The molecule has 1 aliphatic rings. The highest BCUT2D eigenvalue weighted by Crippen LogP contribution is 2.35. The van der Waals surface area contributed by atoms with Gasteiger partial charge in [0.25, 0.3) is 10.0 Å². The van der Waals surface area contributed by atoms with Gasteiger partial charge in [0.15, 0.2) is 5.13 Å². The lowest BCUT2D eigenvalue weighted by atomic mass is 10.0. The van der Waals surface area contributed by atoms with E-state index in [2.05, 4.69) is 6.07 Å². The van der Waals surface area contributed by atoms with Gasteiger partial charge in [-0.25, -0.2) is 13.4 Å². The summed E-state index contributed by atoms with van der Waals surface area (Å²) in [5.41, 5.74) is 3.08. The van der Waals surface area contributed by atoms with Gasteiger partial charge in [0.2, 0.25) is 5.91 Å². The van der Waals surface area contributed by atoms with E-state index in [4.69, 9.17) is 21.0 Å². The Labute approximate surface area is 217 Å². The van der Waals surface area contributed by atoms with Gasteiger partial charge >= 0.3 is 0 Å². The van der Waals surface area contributed by atoms with Crippen LogP contribution in [0.1, 0.15) is 36.1 Å². The number of fused-ring (bicyclic) bond motifs is 1. The molecule has 0 N–H and O–H groups in total. The molecule has 0 saturated carbocycles. The summed E-state index contributed by atoms with van der Waals surface area (Å²) in [5, 5.41) is 0.522. The molecule has 1 aliphatic heterocycles. The molecule has 35 heavy (non-hydrogen) atoms. The van der Waals surface area contributed by atoms with E-state index in [1.807, 2.05) is 19.9 Å². The summed E-state index contributed by atoms with van der Waals surface area (Å²) < 4.78 is 35.3. The Balaban J connectivity index is 1.54. The molecule has 1 unspecified atom stereocenters. The van der Waals surface area contributed by atoms with Crippen LogP contribution < -0.4 is 4.90 Å². The van der Waals surface area contributed by atoms with Crippen molar-refractivity contribution in [2.24, 2.45) is 0 Å². The second-order valence-electron chi connectivity index (χ2n) is 8.59. The van der Waals surface area contributed by atoms with Crippen LogP contribution in [0.5, 0.6) is 0 Å². The fraction of sp³-hybridized carbons (Fsp3) is 0.333. The molecule has 0 spiro atoms. The number of anilines is 1. The maximum atomic E-state index is 14.1. The third-order valence-electron chi connectivity index (χ3n) is 6.23. The van der Waals surface area contributed by atoms with Gasteiger partial charge in [0, 0.05) is 6.54 Å². The molecule has 1 amide bonds. The number of thiophene rings is 1. The molecule has 1 atom stereocenters. The van der Waals surface area contributed by atoms with Gasteiger partial charge in [-0.2, -0.15) is 4.31 Å². The molecule has 3 aromatic heterocycles. The van der Waals surface area contributed by atoms with E-state index in [-0.39, 0.29) is 23.2 Å². The number of benzene rings is 1. The Morgan fingerprint density at radius 1 is 1.20 bits per heavy atom. The van der Waals surface area contributed by atoms with Crippen LogP contribution in [-0.2, 0) is 21.4 Å². The monoisotopic (exact) mass is 549 g/mol. The van der Waals surface area contributed by atoms with Crippen LogP contribution in [-0.4, -0.2) is 36.2 Å². The van der Waals surface area contributed by atoms with Crippen LogP contribution >= 0.6 is 34.3 Å². The Hall–Kier alpha value is -2.24. The average Bonchev–Trinajstić information content (AvgIpc) is 3.59. The predicted molar refractivity (Wildman–Crippen MR) is 140 cm³/mol. The molecule has 0 bridgehead atoms. The molecule has 0 aliphatic carbocycles. The molecule has 0 radical (unpaired) electrons. The summed E-state index contributed by atoms with van der Waals surface area (Å²) in [6.07, 6.45) is 3.45. The van der Waals surface area contributed by atoms with Crippen molar-refractivity contribution in [3.8, 4) is 0 Å². The van der Waals surface area contributed by atoms with Gasteiger partial charge < -0.3 is 4.42 Å². The van der Waals surface area contributed by atoms with E-state index >= 15 is 0 Å². The van der Waals surface area contributed by atoms with E-state index in [9.17, 15) is 13.2 Å². The molecule has 7 nitrogen and oxygen atoms in total. The number of sulfonamides is 1. The molecule has 4 aromatic rings. The first-order valence-electron chi connectivity index (χ1n) is 11.2. The van der Waals surface area contributed by atoms with Gasteiger partial charge in [0.1, 0.15) is 16.0 Å². The zero-order valence-corrected chi connectivity index (χ0v) is 22.4. The quantitative estimate of drug-likeness (QED) is 0.294. The lowest BCUT2D eigenvalue weighted by Gasteiger charge is -2.35. The van der Waals surface area contributed by atoms with E-state index in [0.717, 1.165) is 39.1 Å². The summed E-state index contributed by atoms with van der Waals surface area (Å²) in [6.45, 7) is 4.52. The number of nitrogens with zero attached hydrogens (tertiary/aromatic N) is 3. The molecule has 1 aromatic carbocycles. The van der Waals surface area contributed by atoms with Gasteiger partial charge in [-0.1, -0.05) is 29.4 Å². The standard InChI is InChI=1S/C24H24ClN3O4S3/c1-15-12-18-20(13-16(15)2)33-24(26-18)27(14-17-6-5-11-32-17)23(29)19-7-3-4-10-28(19)35(30,31)22-9-8-21(25)34-22/h5-6,8-9,11-13,19H,3-4,7,10,14H2,1-2H3. The minimum Gasteiger partial charge on any atom is -0.467 e. The van der Waals surface area contributed by atoms with Crippen molar-refractivity contribution >= 4 is 65.6 Å². The van der Waals surface area contributed by atoms with E-state index in [1.54, 1.807) is 29.4 Å². The van der Waals surface area contributed by atoms with Gasteiger partial charge in [0.05, 0.1) is 27.4 Å². The maximum absolute atomic E-state index is 14.1. The molecule has 1 fully saturated rings. The highest BCUT2D eigenvalue weighted by atomic mass is 35.5. The highest BCUT2D eigenvalue weighted by Gasteiger charge is 2.41. The van der Waals surface area contributed by atoms with Crippen molar-refractivity contribution in [3.05, 3.63) is 63.9 Å². The SMILES string of the molecule is Cc1cc2nc(N(Cc3ccco3)C(=O)C3CCCCN3S(=O)(=O)c3ccc(Cl)s3)sc2cc1C. The smallest absolute Gasteiger partial charge is 0.253 e. The van der Waals surface area contributed by atoms with Crippen LogP contribution in [0.25, 0.3) is 10.2 Å². The molecular formula is C24H24ClN3O4S3. The maximum Gasteiger partial charge on any atom is 0.253 e. The second-order valence-corrected chi connectivity index (χ2v) is 13.4. The van der Waals surface area contributed by atoms with Crippen LogP contribution in [0.3, 0.4) is 0 Å². The van der Waals surface area contributed by atoms with Crippen LogP contribution in [0, 0.1) is 13.8 Å². The Morgan fingerprint density at radius 2 is 2.00 bits per heavy atom. The third-order valence-corrected chi connectivity index (χ3v) is 10.9. The lowest BCUT2D eigenvalue weighted by Crippen LogP contribution is -2.52. The van der Waals surface area contributed by atoms with E-state index in [1.165, 1.54) is 21.7 Å². The van der Waals surface area contributed by atoms with Crippen LogP contribution in [0.4, 0.5) is 5.13 Å². The van der Waals surface area contributed by atoms with Gasteiger partial charge in [-0.3, -0.25) is 9.69 Å². The predicted octanol–water partition coefficient (Wildman–Crippen LogP) is 6.00. The summed E-state index contributed by atoms with van der Waals surface area (Å²) >= 11 is 8.44. The van der Waals surface area contributed by atoms with Crippen molar-refractivity contribution in [3.63, 3.8) is 0 Å². The average molecular weight is 550 g/mol. The van der Waals surface area contributed by atoms with Crippen molar-refractivity contribution in [2.75, 3.05) is 11.4 Å². The number of halogens is 1. The topological polar surface area (TPSA) is 83.7 Å². The molecule has 5 rings (SSSR count). The van der Waals surface area contributed by atoms with Crippen molar-refractivity contribution in [1.82, 2.24) is 9.29 Å². The first kappa shape index (κ1) is 24.5. The molecule has 1 saturated heterocycles. The normalized spacial score (nSPS) is 17.2. The summed E-state index contributed by atoms with van der Waals surface area (Å²) in [7, 11) is -3.87. The number of furan rings is 1. The minimum absolute atomic E-state index is 0.144. The molecule has 11 heteroatoms. The molecule has 184 valence electrons. The Morgan fingerprint density at radius 3 is 2.71 bits per heavy atom. The number of piperidine rings is 1. The van der Waals surface area contributed by atoms with E-state index < -0.39 is 16.1 Å². The number of hydrogen-bond donors (Lipinski definition) is 0. The largest absolute Gasteiger partial charge is 0.467 e. The number of amides is 1. The highest BCUT2D eigenvalue weighted by molar-refractivity contribution is 7.91. The third kappa shape index (κ3) is 4.77. The summed E-state index contributed by atoms with van der Waals surface area (Å²) in [4.78, 5) is 20.4. The van der Waals surface area contributed by atoms with E-state index in [0.29, 0.717) is 28.1 Å². The number of aromatic nitrogens is 1. The lowest BCUT2D eigenvalue weighted by molar-refractivity contribution is -0.123. The Kier molecular flexibility index (Phi) is 6.75. The number of aryl methyl sites for hydroxylation is 2. The van der Waals surface area contributed by atoms with Gasteiger partial charge in [-0.05, 0) is 74.2 Å². The van der Waals surface area contributed by atoms with Gasteiger partial charge in [-0.15, -0.1) is 11.3 Å². The number of thiazole rings is 1. The second kappa shape index (κ2) is 9.67. The summed E-state index contributed by atoms with van der Waals surface area (Å²) in [6, 6.07) is 9.87. The molecule has 4 heterocycles. The molecular weight excluding hydrogens is 526 g/mol. The Bertz CT molecular complexity index is 1440. The van der Waals surface area contributed by atoms with Crippen molar-refractivity contribution < 1.29 is 17.6 Å². The number of hydrogen-bond acceptors (Lipinski definition) is 7. The minimum atomic E-state index is -3.87. The number of carbonyl (C=O) groups is 1. The van der Waals surface area contributed by atoms with Crippen LogP contribution in [0.2, 0.25) is 4.34 Å². The zero-order chi connectivity index (χ0) is 24.7. The van der Waals surface area contributed by atoms with Crippen molar-refractivity contribution in [1.29, 1.82) is 0 Å². The number of carbonyl (C=O) groups excluding carboxylic acids is 1. The fourth-order valence-corrected chi connectivity index (χ4v) is 8.57. The summed E-state index contributed by atoms with van der Waals surface area (Å²) in [5.74, 6) is 0.292. The number of rotatable bonds is 6. The van der Waals surface area contributed by atoms with Crippen molar-refractivity contribution in [2.45, 2.75) is 49.9 Å². The fourth-order valence-electron chi connectivity index (χ4n) is 4.25.